The minimum Gasteiger partial charge on any atom is -0.486 e. The zero-order chi connectivity index (χ0) is 25.0. The monoisotopic (exact) mass is 497 g/mol. The lowest BCUT2D eigenvalue weighted by Crippen LogP contribution is -2.38. The van der Waals surface area contributed by atoms with E-state index in [4.69, 9.17) is 19.2 Å². The lowest BCUT2D eigenvalue weighted by Gasteiger charge is -2.28. The number of aromatic nitrogens is 1. The van der Waals surface area contributed by atoms with Crippen molar-refractivity contribution >= 4 is 11.8 Å². The number of hydrogen-bond donors (Lipinski definition) is 1. The van der Waals surface area contributed by atoms with Crippen LogP contribution < -0.4 is 10.1 Å². The molecule has 3 aliphatic rings. The number of anilines is 1. The fourth-order valence-electron chi connectivity index (χ4n) is 5.34. The summed E-state index contributed by atoms with van der Waals surface area (Å²) in [6, 6.07) is 12.0. The molecule has 1 aromatic carbocycles. The first-order valence-electron chi connectivity index (χ1n) is 13.0. The Hall–Kier alpha value is -2.71. The highest BCUT2D eigenvalue weighted by atomic mass is 19.1. The first-order chi connectivity index (χ1) is 17.5. The molecule has 1 aromatic heterocycles. The molecule has 5 rings (SSSR count). The summed E-state index contributed by atoms with van der Waals surface area (Å²) in [5.41, 5.74) is 1.94. The molecule has 36 heavy (non-hydrogen) atoms. The van der Waals surface area contributed by atoms with Crippen molar-refractivity contribution in [1.82, 2.24) is 9.88 Å². The second-order valence-electron chi connectivity index (χ2n) is 10.3. The van der Waals surface area contributed by atoms with Crippen LogP contribution in [0.1, 0.15) is 48.4 Å². The molecule has 0 aliphatic carbocycles. The third-order valence-electron chi connectivity index (χ3n) is 7.52. The maximum atomic E-state index is 15.8. The van der Waals surface area contributed by atoms with Gasteiger partial charge in [-0.05, 0) is 61.4 Å². The molecule has 0 spiro atoms. The van der Waals surface area contributed by atoms with E-state index in [9.17, 15) is 4.79 Å². The number of carbonyl (C=O) groups excluding carboxylic acids is 1. The molecule has 4 heterocycles. The SMILES string of the molecule is COC(=O)C[C@H](CN1CC[C@@](F)(CCc2ccc3c(n2)NCCC3)C1)c1cccc(OC2COC2)c1. The zero-order valence-electron chi connectivity index (χ0n) is 21.0. The van der Waals surface area contributed by atoms with Gasteiger partial charge in [0.2, 0.25) is 0 Å². The normalized spacial score (nSPS) is 22.8. The summed E-state index contributed by atoms with van der Waals surface area (Å²) < 4.78 is 31.9. The van der Waals surface area contributed by atoms with Crippen molar-refractivity contribution in [2.75, 3.05) is 51.8 Å². The van der Waals surface area contributed by atoms with Gasteiger partial charge in [0.15, 0.2) is 0 Å². The van der Waals surface area contributed by atoms with Crippen LogP contribution in [-0.2, 0) is 27.1 Å². The van der Waals surface area contributed by atoms with Gasteiger partial charge in [0, 0.05) is 37.8 Å². The van der Waals surface area contributed by atoms with Crippen LogP contribution in [0.25, 0.3) is 0 Å². The van der Waals surface area contributed by atoms with Gasteiger partial charge in [0.05, 0.1) is 26.7 Å². The fourth-order valence-corrected chi connectivity index (χ4v) is 5.34. The minimum absolute atomic E-state index is 0.0745. The Morgan fingerprint density at radius 2 is 2.22 bits per heavy atom. The Labute approximate surface area is 212 Å². The maximum Gasteiger partial charge on any atom is 0.306 e. The molecule has 0 amide bonds. The van der Waals surface area contributed by atoms with Gasteiger partial charge < -0.3 is 19.5 Å². The number of ether oxygens (including phenoxy) is 3. The van der Waals surface area contributed by atoms with Crippen molar-refractivity contribution < 1.29 is 23.4 Å². The quantitative estimate of drug-likeness (QED) is 0.499. The van der Waals surface area contributed by atoms with Crippen LogP contribution in [0.5, 0.6) is 5.75 Å². The third-order valence-corrected chi connectivity index (χ3v) is 7.52. The summed E-state index contributed by atoms with van der Waals surface area (Å²) in [6.07, 6.45) is 4.06. The lowest BCUT2D eigenvalue weighted by molar-refractivity contribution is -0.141. The highest BCUT2D eigenvalue weighted by molar-refractivity contribution is 5.70. The molecule has 1 N–H and O–H groups in total. The summed E-state index contributed by atoms with van der Waals surface area (Å²) in [6.45, 7) is 3.77. The number of halogens is 1. The second kappa shape index (κ2) is 11.1. The van der Waals surface area contributed by atoms with E-state index in [1.54, 1.807) is 0 Å². The Balaban J connectivity index is 1.20. The van der Waals surface area contributed by atoms with E-state index in [1.807, 2.05) is 30.3 Å². The number of aryl methyl sites for hydroxylation is 2. The third kappa shape index (κ3) is 6.16. The summed E-state index contributed by atoms with van der Waals surface area (Å²) in [5.74, 6) is 1.36. The van der Waals surface area contributed by atoms with Crippen LogP contribution in [0.15, 0.2) is 36.4 Å². The van der Waals surface area contributed by atoms with E-state index in [-0.39, 0.29) is 24.4 Å². The summed E-state index contributed by atoms with van der Waals surface area (Å²) in [4.78, 5) is 19.1. The molecule has 2 atom stereocenters. The van der Waals surface area contributed by atoms with E-state index in [1.165, 1.54) is 12.7 Å². The Morgan fingerprint density at radius 1 is 1.33 bits per heavy atom. The van der Waals surface area contributed by atoms with Gasteiger partial charge in [-0.25, -0.2) is 9.37 Å². The molecular weight excluding hydrogens is 461 g/mol. The highest BCUT2D eigenvalue weighted by Crippen LogP contribution is 2.34. The number of likely N-dealkylation sites (tertiary alicyclic amines) is 1. The number of esters is 1. The Morgan fingerprint density at radius 3 is 3.03 bits per heavy atom. The molecule has 0 saturated carbocycles. The van der Waals surface area contributed by atoms with E-state index in [2.05, 4.69) is 16.3 Å². The van der Waals surface area contributed by atoms with Crippen molar-refractivity contribution in [1.29, 1.82) is 0 Å². The highest BCUT2D eigenvalue weighted by Gasteiger charge is 2.39. The number of nitrogens with one attached hydrogen (secondary N) is 1. The second-order valence-corrected chi connectivity index (χ2v) is 10.3. The summed E-state index contributed by atoms with van der Waals surface area (Å²) >= 11 is 0. The molecule has 2 fully saturated rings. The molecule has 8 heteroatoms. The molecule has 7 nitrogen and oxygen atoms in total. The molecule has 3 aliphatic heterocycles. The standard InChI is InChI=1S/C28H36FN3O4/c1-34-26(33)15-22(21-4-2-6-24(14-21)36-25-17-35-18-25)16-32-13-11-28(29,19-32)10-9-23-8-7-20-5-3-12-30-27(20)31-23/h2,4,6-8,14,22,25H,3,5,9-13,15-19H2,1H3,(H,30,31)/t22-,28+/m1/s1. The van der Waals surface area contributed by atoms with E-state index in [0.717, 1.165) is 42.2 Å². The Kier molecular flexibility index (Phi) is 7.72. The average molecular weight is 498 g/mol. The predicted octanol–water partition coefficient (Wildman–Crippen LogP) is 3.91. The maximum absolute atomic E-state index is 15.8. The van der Waals surface area contributed by atoms with Crippen LogP contribution >= 0.6 is 0 Å². The largest absolute Gasteiger partial charge is 0.486 e. The van der Waals surface area contributed by atoms with Crippen LogP contribution in [0, 0.1) is 0 Å². The fraction of sp³-hybridized carbons (Fsp3) is 0.571. The molecule has 2 saturated heterocycles. The molecular formula is C28H36FN3O4. The van der Waals surface area contributed by atoms with Crippen LogP contribution in [-0.4, -0.2) is 74.1 Å². The number of fused-ring (bicyclic) bond motifs is 1. The number of alkyl halides is 1. The van der Waals surface area contributed by atoms with Crippen LogP contribution in [0.2, 0.25) is 0 Å². The Bertz CT molecular complexity index is 1060. The molecule has 0 bridgehead atoms. The number of pyridine rings is 1. The van der Waals surface area contributed by atoms with Gasteiger partial charge >= 0.3 is 5.97 Å². The summed E-state index contributed by atoms with van der Waals surface area (Å²) in [5, 5.41) is 3.36. The van der Waals surface area contributed by atoms with Gasteiger partial charge in [0.25, 0.3) is 0 Å². The predicted molar refractivity (Wildman–Crippen MR) is 135 cm³/mol. The van der Waals surface area contributed by atoms with Crippen molar-refractivity contribution in [3.8, 4) is 5.75 Å². The number of carbonyl (C=O) groups is 1. The van der Waals surface area contributed by atoms with Gasteiger partial charge in [-0.3, -0.25) is 9.69 Å². The first-order valence-corrected chi connectivity index (χ1v) is 13.0. The van der Waals surface area contributed by atoms with Gasteiger partial charge in [-0.1, -0.05) is 18.2 Å². The van der Waals surface area contributed by atoms with Gasteiger partial charge in [-0.2, -0.15) is 0 Å². The smallest absolute Gasteiger partial charge is 0.306 e. The molecule has 2 aromatic rings. The average Bonchev–Trinajstić information content (AvgIpc) is 3.25. The molecule has 0 radical (unpaired) electrons. The molecule has 194 valence electrons. The lowest BCUT2D eigenvalue weighted by atomic mass is 9.94. The minimum atomic E-state index is -1.25. The van der Waals surface area contributed by atoms with Crippen LogP contribution in [0.4, 0.5) is 10.2 Å². The number of benzene rings is 1. The van der Waals surface area contributed by atoms with E-state index < -0.39 is 5.67 Å². The van der Waals surface area contributed by atoms with Crippen molar-refractivity contribution in [2.45, 2.75) is 56.2 Å². The van der Waals surface area contributed by atoms with Gasteiger partial charge in [-0.15, -0.1) is 0 Å². The number of nitrogens with zero attached hydrogens (tertiary/aromatic N) is 2. The van der Waals surface area contributed by atoms with Crippen molar-refractivity contribution in [2.24, 2.45) is 0 Å². The number of hydrogen-bond acceptors (Lipinski definition) is 7. The first kappa shape index (κ1) is 25.0. The van der Waals surface area contributed by atoms with Gasteiger partial charge in [0.1, 0.15) is 23.3 Å². The number of methoxy groups -OCH3 is 1. The topological polar surface area (TPSA) is 72.9 Å². The summed E-state index contributed by atoms with van der Waals surface area (Å²) in [7, 11) is 1.40. The molecule has 0 unspecified atom stereocenters. The van der Waals surface area contributed by atoms with Crippen molar-refractivity contribution in [3.63, 3.8) is 0 Å². The van der Waals surface area contributed by atoms with E-state index >= 15 is 4.39 Å². The van der Waals surface area contributed by atoms with Crippen molar-refractivity contribution in [3.05, 3.63) is 53.2 Å². The van der Waals surface area contributed by atoms with Crippen LogP contribution in [0.3, 0.4) is 0 Å². The number of rotatable bonds is 10. The van der Waals surface area contributed by atoms with E-state index in [0.29, 0.717) is 52.1 Å². The zero-order valence-corrected chi connectivity index (χ0v) is 21.0.